The maximum Gasteiger partial charge on any atom is 0.404 e. The molecule has 1 atom stereocenters. The normalized spacial score (nSPS) is 19.0. The Morgan fingerprint density at radius 2 is 2.18 bits per heavy atom. The van der Waals surface area contributed by atoms with E-state index in [1.165, 1.54) is 0 Å². The average Bonchev–Trinajstić information content (AvgIpc) is 2.72. The lowest BCUT2D eigenvalue weighted by atomic mass is 10.1. The molecule has 2 aromatic heterocycles. The molecule has 3 heterocycles. The molecule has 0 spiro atoms. The number of pyridine rings is 1. The zero-order valence-electron chi connectivity index (χ0n) is 11.9. The van der Waals surface area contributed by atoms with Crippen LogP contribution in [0.15, 0.2) is 18.3 Å². The molecule has 0 radical (unpaired) electrons. The Hall–Kier alpha value is -2.15. The highest BCUT2D eigenvalue weighted by atomic mass is 35.5. The van der Waals surface area contributed by atoms with Crippen LogP contribution in [0.5, 0.6) is 0 Å². The lowest BCUT2D eigenvalue weighted by molar-refractivity contribution is 0.188. The van der Waals surface area contributed by atoms with Gasteiger partial charge in [0.05, 0.1) is 6.20 Å². The number of rotatable bonds is 2. The van der Waals surface area contributed by atoms with Gasteiger partial charge in [-0.25, -0.2) is 19.7 Å². The van der Waals surface area contributed by atoms with Gasteiger partial charge in [0, 0.05) is 19.1 Å². The third-order valence-corrected chi connectivity index (χ3v) is 3.95. The average molecular weight is 322 g/mol. The van der Waals surface area contributed by atoms with E-state index >= 15 is 0 Å². The first-order chi connectivity index (χ1) is 10.6. The minimum absolute atomic E-state index is 0.00334. The van der Waals surface area contributed by atoms with Crippen molar-refractivity contribution in [1.29, 1.82) is 0 Å². The quantitative estimate of drug-likeness (QED) is 0.825. The van der Waals surface area contributed by atoms with E-state index in [0.29, 0.717) is 16.3 Å². The Morgan fingerprint density at radius 3 is 3.00 bits per heavy atom. The van der Waals surface area contributed by atoms with E-state index in [-0.39, 0.29) is 6.04 Å². The highest BCUT2D eigenvalue weighted by Gasteiger charge is 2.19. The fraction of sp³-hybridized carbons (Fsp3) is 0.429. The number of anilines is 1. The Bertz CT molecular complexity index is 696. The molecule has 1 aliphatic rings. The molecule has 8 heteroatoms. The molecule has 1 fully saturated rings. The van der Waals surface area contributed by atoms with E-state index in [9.17, 15) is 4.79 Å². The van der Waals surface area contributed by atoms with Crippen molar-refractivity contribution < 1.29 is 9.90 Å². The fourth-order valence-electron chi connectivity index (χ4n) is 2.67. The van der Waals surface area contributed by atoms with Crippen LogP contribution in [0.2, 0.25) is 5.15 Å². The van der Waals surface area contributed by atoms with Crippen LogP contribution in [0.3, 0.4) is 0 Å². The first kappa shape index (κ1) is 14.8. The molecule has 0 saturated carbocycles. The minimum atomic E-state index is -0.966. The summed E-state index contributed by atoms with van der Waals surface area (Å²) in [6.07, 6.45) is 3.22. The largest absolute Gasteiger partial charge is 0.465 e. The van der Waals surface area contributed by atoms with Crippen LogP contribution in [0, 0.1) is 0 Å². The monoisotopic (exact) mass is 321 g/mol. The summed E-state index contributed by atoms with van der Waals surface area (Å²) < 4.78 is 0. The summed E-state index contributed by atoms with van der Waals surface area (Å²) in [5.74, 6) is 0.785. The van der Waals surface area contributed by atoms with E-state index in [4.69, 9.17) is 16.7 Å². The van der Waals surface area contributed by atoms with Gasteiger partial charge >= 0.3 is 6.09 Å². The standard InChI is InChI=1S/C14H16ClN5O2/c15-11-4-3-10-13(19-11)16-8-12(18-10)20-6-1-2-9(5-7-20)17-14(21)22/h3-4,8-9,17H,1-2,5-7H2,(H,21,22)/t9-/m0/s1. The molecule has 0 unspecified atom stereocenters. The number of halogens is 1. The van der Waals surface area contributed by atoms with E-state index < -0.39 is 6.09 Å². The molecule has 3 rings (SSSR count). The molecule has 2 N–H and O–H groups in total. The van der Waals surface area contributed by atoms with Gasteiger partial charge < -0.3 is 15.3 Å². The van der Waals surface area contributed by atoms with Gasteiger partial charge in [-0.2, -0.15) is 0 Å². The molecule has 1 saturated heterocycles. The summed E-state index contributed by atoms with van der Waals surface area (Å²) in [4.78, 5) is 25.9. The van der Waals surface area contributed by atoms with Crippen molar-refractivity contribution in [1.82, 2.24) is 20.3 Å². The number of nitrogens with zero attached hydrogens (tertiary/aromatic N) is 4. The van der Waals surface area contributed by atoms with Crippen LogP contribution in [0.4, 0.5) is 10.6 Å². The Morgan fingerprint density at radius 1 is 1.32 bits per heavy atom. The van der Waals surface area contributed by atoms with Crippen LogP contribution in [-0.2, 0) is 0 Å². The van der Waals surface area contributed by atoms with Gasteiger partial charge in [-0.15, -0.1) is 0 Å². The van der Waals surface area contributed by atoms with Crippen molar-refractivity contribution in [3.8, 4) is 0 Å². The molecule has 0 bridgehead atoms. The van der Waals surface area contributed by atoms with E-state index in [2.05, 4.69) is 25.2 Å². The van der Waals surface area contributed by atoms with Crippen LogP contribution < -0.4 is 10.2 Å². The van der Waals surface area contributed by atoms with E-state index in [1.54, 1.807) is 18.3 Å². The number of hydrogen-bond acceptors (Lipinski definition) is 5. The second-order valence-corrected chi connectivity index (χ2v) is 5.66. The molecule has 0 aliphatic carbocycles. The zero-order valence-corrected chi connectivity index (χ0v) is 12.6. The Balaban J connectivity index is 1.76. The fourth-order valence-corrected chi connectivity index (χ4v) is 2.81. The zero-order chi connectivity index (χ0) is 15.5. The topological polar surface area (TPSA) is 91.2 Å². The molecule has 1 amide bonds. The third kappa shape index (κ3) is 3.36. The summed E-state index contributed by atoms with van der Waals surface area (Å²) in [7, 11) is 0. The summed E-state index contributed by atoms with van der Waals surface area (Å²) in [6, 6.07) is 3.49. The van der Waals surface area contributed by atoms with Crippen LogP contribution in [0.1, 0.15) is 19.3 Å². The molecular formula is C14H16ClN5O2. The van der Waals surface area contributed by atoms with Crippen molar-refractivity contribution in [2.45, 2.75) is 25.3 Å². The highest BCUT2D eigenvalue weighted by Crippen LogP contribution is 2.20. The second kappa shape index (κ2) is 6.31. The Labute approximate surface area is 132 Å². The van der Waals surface area contributed by atoms with Gasteiger partial charge in [-0.05, 0) is 31.4 Å². The van der Waals surface area contributed by atoms with Crippen LogP contribution >= 0.6 is 11.6 Å². The van der Waals surface area contributed by atoms with Crippen molar-refractivity contribution in [3.05, 3.63) is 23.5 Å². The number of amides is 1. The maximum absolute atomic E-state index is 10.7. The van der Waals surface area contributed by atoms with Crippen LogP contribution in [-0.4, -0.2) is 45.3 Å². The SMILES string of the molecule is O=C(O)N[C@H]1CCCN(c2cnc3nc(Cl)ccc3n2)CC1. The smallest absolute Gasteiger partial charge is 0.404 e. The number of hydrogen-bond donors (Lipinski definition) is 2. The van der Waals surface area contributed by atoms with Gasteiger partial charge in [0.1, 0.15) is 16.5 Å². The molecular weight excluding hydrogens is 306 g/mol. The predicted octanol–water partition coefficient (Wildman–Crippen LogP) is 2.30. The van der Waals surface area contributed by atoms with Crippen molar-refractivity contribution in [3.63, 3.8) is 0 Å². The number of carbonyl (C=O) groups is 1. The van der Waals surface area contributed by atoms with Crippen molar-refractivity contribution in [2.24, 2.45) is 0 Å². The summed E-state index contributed by atoms with van der Waals surface area (Å²) in [5, 5.41) is 11.8. The second-order valence-electron chi connectivity index (χ2n) is 5.27. The number of fused-ring (bicyclic) bond motifs is 1. The number of aromatic nitrogens is 3. The Kier molecular flexibility index (Phi) is 4.24. The third-order valence-electron chi connectivity index (χ3n) is 3.74. The molecule has 116 valence electrons. The number of nitrogens with one attached hydrogen (secondary N) is 1. The highest BCUT2D eigenvalue weighted by molar-refractivity contribution is 6.29. The van der Waals surface area contributed by atoms with E-state index in [1.807, 2.05) is 0 Å². The van der Waals surface area contributed by atoms with Gasteiger partial charge in [0.15, 0.2) is 5.65 Å². The first-order valence-corrected chi connectivity index (χ1v) is 7.53. The molecule has 2 aromatic rings. The van der Waals surface area contributed by atoms with Gasteiger partial charge in [-0.1, -0.05) is 11.6 Å². The van der Waals surface area contributed by atoms with E-state index in [0.717, 1.165) is 38.2 Å². The van der Waals surface area contributed by atoms with Gasteiger partial charge in [0.25, 0.3) is 0 Å². The summed E-state index contributed by atoms with van der Waals surface area (Å²) in [6.45, 7) is 1.57. The molecule has 0 aromatic carbocycles. The number of carboxylic acid groups (broad SMARTS) is 1. The molecule has 7 nitrogen and oxygen atoms in total. The first-order valence-electron chi connectivity index (χ1n) is 7.15. The molecule has 1 aliphatic heterocycles. The van der Waals surface area contributed by atoms with Crippen LogP contribution in [0.25, 0.3) is 11.2 Å². The minimum Gasteiger partial charge on any atom is -0.465 e. The maximum atomic E-state index is 10.7. The molecule has 22 heavy (non-hydrogen) atoms. The lowest BCUT2D eigenvalue weighted by Crippen LogP contribution is -2.34. The van der Waals surface area contributed by atoms with Gasteiger partial charge in [-0.3, -0.25) is 0 Å². The summed E-state index contributed by atoms with van der Waals surface area (Å²) in [5.41, 5.74) is 1.22. The lowest BCUT2D eigenvalue weighted by Gasteiger charge is -2.21. The van der Waals surface area contributed by atoms with Crippen molar-refractivity contribution in [2.75, 3.05) is 18.0 Å². The predicted molar refractivity (Wildman–Crippen MR) is 83.4 cm³/mol. The van der Waals surface area contributed by atoms with Crippen molar-refractivity contribution >= 4 is 34.7 Å². The van der Waals surface area contributed by atoms with Gasteiger partial charge in [0.2, 0.25) is 0 Å². The summed E-state index contributed by atoms with van der Waals surface area (Å²) >= 11 is 5.84.